The van der Waals surface area contributed by atoms with Crippen LogP contribution in [0.3, 0.4) is 0 Å². The second kappa shape index (κ2) is 7.85. The Bertz CT molecular complexity index is 1240. The van der Waals surface area contributed by atoms with E-state index in [4.69, 9.17) is 9.72 Å². The monoisotopic (exact) mass is 406 g/mol. The summed E-state index contributed by atoms with van der Waals surface area (Å²) >= 11 is 0. The third-order valence-corrected chi connectivity index (χ3v) is 5.55. The summed E-state index contributed by atoms with van der Waals surface area (Å²) in [6, 6.07) is 9.80. The van der Waals surface area contributed by atoms with E-state index in [0.29, 0.717) is 17.8 Å². The zero-order chi connectivity index (χ0) is 20.5. The Morgan fingerprint density at radius 1 is 1.13 bits per heavy atom. The summed E-state index contributed by atoms with van der Waals surface area (Å²) in [5.41, 5.74) is 3.19. The molecule has 0 unspecified atom stereocenters. The zero-order valence-electron chi connectivity index (χ0n) is 16.8. The van der Waals surface area contributed by atoms with Gasteiger partial charge in [0.2, 0.25) is 0 Å². The zero-order valence-corrected chi connectivity index (χ0v) is 16.8. The molecule has 4 aromatic rings. The van der Waals surface area contributed by atoms with E-state index in [9.17, 15) is 4.79 Å². The molecule has 0 aliphatic carbocycles. The maximum atomic E-state index is 13.1. The predicted octanol–water partition coefficient (Wildman–Crippen LogP) is 0.320. The van der Waals surface area contributed by atoms with Crippen LogP contribution in [0.25, 0.3) is 16.7 Å². The largest absolute Gasteiger partial charge is 0.497 e. The molecule has 2 N–H and O–H groups in total. The van der Waals surface area contributed by atoms with Gasteiger partial charge >= 0.3 is 5.69 Å². The van der Waals surface area contributed by atoms with E-state index in [1.807, 2.05) is 30.5 Å². The lowest BCUT2D eigenvalue weighted by atomic mass is 10.2. The number of methoxy groups -OCH3 is 1. The van der Waals surface area contributed by atoms with Gasteiger partial charge < -0.3 is 10.1 Å². The quantitative estimate of drug-likeness (QED) is 0.513. The number of pyridine rings is 1. The molecule has 1 fully saturated rings. The standard InChI is InChI=1S/C21H23N7O2/c1-30-17-4-2-15(3-5-17)13-27-19-18(20-24-14-25-28(20)21(27)29)10-16(11-23-19)12-26-8-6-22-7-9-26/h2-5,10-11,14,22H,6-9,12-13H2,1H3/p+1. The van der Waals surface area contributed by atoms with E-state index in [2.05, 4.69) is 26.4 Å². The van der Waals surface area contributed by atoms with Crippen LogP contribution in [0.2, 0.25) is 0 Å². The summed E-state index contributed by atoms with van der Waals surface area (Å²) in [5.74, 6) is 0.781. The molecule has 0 radical (unpaired) electrons. The van der Waals surface area contributed by atoms with Crippen LogP contribution in [0.1, 0.15) is 11.1 Å². The molecule has 9 nitrogen and oxygen atoms in total. The highest BCUT2D eigenvalue weighted by Gasteiger charge is 2.20. The van der Waals surface area contributed by atoms with E-state index in [1.165, 1.54) is 10.8 Å². The SMILES string of the molecule is COc1ccc(Cn2c(=O)n3nc[nH+]c3c3cc(CN4CCNCC4)cnc32)cc1. The summed E-state index contributed by atoms with van der Waals surface area (Å²) in [6.45, 7) is 5.28. The third kappa shape index (κ3) is 3.42. The van der Waals surface area contributed by atoms with Crippen molar-refractivity contribution in [3.8, 4) is 5.75 Å². The Kier molecular flexibility index (Phi) is 4.89. The van der Waals surface area contributed by atoms with Gasteiger partial charge in [0.15, 0.2) is 5.65 Å². The van der Waals surface area contributed by atoms with Gasteiger partial charge in [0.25, 0.3) is 12.0 Å². The smallest absolute Gasteiger partial charge is 0.425 e. The number of nitrogens with zero attached hydrogens (tertiary/aromatic N) is 5. The number of nitrogens with one attached hydrogen (secondary N) is 2. The van der Waals surface area contributed by atoms with Gasteiger partial charge in [-0.3, -0.25) is 9.47 Å². The first-order valence-electron chi connectivity index (χ1n) is 10.1. The van der Waals surface area contributed by atoms with Crippen LogP contribution in [0.4, 0.5) is 0 Å². The Balaban J connectivity index is 1.58. The van der Waals surface area contributed by atoms with Crippen molar-refractivity contribution in [2.75, 3.05) is 33.3 Å². The Morgan fingerprint density at radius 2 is 1.93 bits per heavy atom. The highest BCUT2D eigenvalue weighted by Crippen LogP contribution is 2.18. The van der Waals surface area contributed by atoms with Gasteiger partial charge in [0, 0.05) is 44.0 Å². The number of hydrogen-bond donors (Lipinski definition) is 1. The number of hydrogen-bond acceptors (Lipinski definition) is 6. The second-order valence-corrected chi connectivity index (χ2v) is 7.51. The van der Waals surface area contributed by atoms with Crippen LogP contribution in [0, 0.1) is 0 Å². The van der Waals surface area contributed by atoms with Gasteiger partial charge in [-0.05, 0) is 33.8 Å². The number of H-pyrrole nitrogens is 1. The predicted molar refractivity (Wildman–Crippen MR) is 112 cm³/mol. The lowest BCUT2D eigenvalue weighted by Crippen LogP contribution is -2.42. The maximum Gasteiger partial charge on any atom is 0.425 e. The normalized spacial score (nSPS) is 15.1. The fourth-order valence-corrected chi connectivity index (χ4v) is 3.97. The molecule has 3 aromatic heterocycles. The number of aromatic nitrogens is 5. The highest BCUT2D eigenvalue weighted by atomic mass is 16.5. The molecule has 1 aliphatic rings. The second-order valence-electron chi connectivity index (χ2n) is 7.51. The van der Waals surface area contributed by atoms with Crippen molar-refractivity contribution in [2.24, 2.45) is 0 Å². The highest BCUT2D eigenvalue weighted by molar-refractivity contribution is 5.87. The number of fused-ring (bicyclic) bond motifs is 3. The Morgan fingerprint density at radius 3 is 2.70 bits per heavy atom. The average Bonchev–Trinajstić information content (AvgIpc) is 3.28. The fourth-order valence-electron chi connectivity index (χ4n) is 3.97. The number of ether oxygens (including phenoxy) is 1. The van der Waals surface area contributed by atoms with Crippen LogP contribution < -0.4 is 20.7 Å². The molecule has 1 aliphatic heterocycles. The number of benzene rings is 1. The van der Waals surface area contributed by atoms with E-state index >= 15 is 0 Å². The maximum absolute atomic E-state index is 13.1. The number of rotatable bonds is 5. The summed E-state index contributed by atoms with van der Waals surface area (Å²) in [4.78, 5) is 23.3. The molecular formula is C21H24N7O2+. The molecule has 0 amide bonds. The van der Waals surface area contributed by atoms with Crippen molar-refractivity contribution >= 4 is 16.7 Å². The first-order valence-corrected chi connectivity index (χ1v) is 10.1. The molecule has 0 atom stereocenters. The van der Waals surface area contributed by atoms with E-state index in [-0.39, 0.29) is 5.69 Å². The molecule has 4 heterocycles. The molecule has 0 spiro atoms. The van der Waals surface area contributed by atoms with Crippen molar-refractivity contribution < 1.29 is 9.72 Å². The molecule has 1 aromatic carbocycles. The van der Waals surface area contributed by atoms with Gasteiger partial charge in [-0.15, -0.1) is 0 Å². The topological polar surface area (TPSA) is 90.8 Å². The molecule has 5 rings (SSSR count). The van der Waals surface area contributed by atoms with E-state index in [1.54, 1.807) is 11.7 Å². The van der Waals surface area contributed by atoms with Gasteiger partial charge in [-0.1, -0.05) is 12.1 Å². The summed E-state index contributed by atoms with van der Waals surface area (Å²) in [7, 11) is 1.64. The van der Waals surface area contributed by atoms with Crippen LogP contribution >= 0.6 is 0 Å². The molecule has 30 heavy (non-hydrogen) atoms. The van der Waals surface area contributed by atoms with Crippen molar-refractivity contribution in [3.63, 3.8) is 0 Å². The van der Waals surface area contributed by atoms with Crippen molar-refractivity contribution in [1.82, 2.24) is 29.4 Å². The van der Waals surface area contributed by atoms with Crippen LogP contribution in [0.15, 0.2) is 47.7 Å². The van der Waals surface area contributed by atoms with Gasteiger partial charge in [-0.2, -0.15) is 0 Å². The first kappa shape index (κ1) is 18.7. The van der Waals surface area contributed by atoms with Crippen LogP contribution in [-0.4, -0.2) is 57.4 Å². The molecular weight excluding hydrogens is 382 g/mol. The minimum Gasteiger partial charge on any atom is -0.497 e. The summed E-state index contributed by atoms with van der Waals surface area (Å²) in [5, 5.41) is 8.46. The van der Waals surface area contributed by atoms with Gasteiger partial charge in [0.1, 0.15) is 5.75 Å². The average molecular weight is 406 g/mol. The Labute approximate surface area is 172 Å². The minimum atomic E-state index is -0.225. The fraction of sp³-hybridized carbons (Fsp3) is 0.333. The molecule has 1 saturated heterocycles. The van der Waals surface area contributed by atoms with Gasteiger partial charge in [0.05, 0.1) is 19.0 Å². The molecule has 0 saturated carbocycles. The van der Waals surface area contributed by atoms with Crippen molar-refractivity contribution in [1.29, 1.82) is 0 Å². The van der Waals surface area contributed by atoms with Crippen molar-refractivity contribution in [2.45, 2.75) is 13.1 Å². The first-order chi connectivity index (χ1) is 14.7. The van der Waals surface area contributed by atoms with E-state index in [0.717, 1.165) is 55.0 Å². The number of piperazine rings is 1. The minimum absolute atomic E-state index is 0.225. The summed E-state index contributed by atoms with van der Waals surface area (Å²) in [6.07, 6.45) is 3.41. The summed E-state index contributed by atoms with van der Waals surface area (Å²) < 4.78 is 8.30. The molecule has 0 bridgehead atoms. The van der Waals surface area contributed by atoms with Crippen molar-refractivity contribution in [3.05, 3.63) is 64.5 Å². The van der Waals surface area contributed by atoms with Gasteiger partial charge in [-0.25, -0.2) is 14.8 Å². The molecule has 154 valence electrons. The number of aromatic amines is 1. The van der Waals surface area contributed by atoms with E-state index < -0.39 is 0 Å². The molecule has 9 heteroatoms. The lowest BCUT2D eigenvalue weighted by molar-refractivity contribution is -0.345. The van der Waals surface area contributed by atoms with Crippen LogP contribution in [0.5, 0.6) is 5.75 Å². The lowest BCUT2D eigenvalue weighted by Gasteiger charge is -2.27. The Hall–Kier alpha value is -3.30. The van der Waals surface area contributed by atoms with Crippen LogP contribution in [-0.2, 0) is 13.1 Å². The third-order valence-electron chi connectivity index (χ3n) is 5.55.